The summed E-state index contributed by atoms with van der Waals surface area (Å²) in [6.45, 7) is 4.44. The maximum Gasteiger partial charge on any atom is 0.251 e. The van der Waals surface area contributed by atoms with E-state index in [1.165, 1.54) is 0 Å². The lowest BCUT2D eigenvalue weighted by atomic mass is 9.79. The van der Waals surface area contributed by atoms with Crippen LogP contribution < -0.4 is 15.4 Å². The Balaban J connectivity index is 0.00000480. The SMILES string of the molecule is CCCCN1C(=O)[C@@H]([C@H](O)C2CCS(=O)(=O)CC2)NC(=O)C12CCN(Cc1ccc(Oc3ccc(C(=O)NC)cc3)cc1)CC2.Cl. The number of halogens is 1. The first-order valence-electron chi connectivity index (χ1n) is 15.9. The van der Waals surface area contributed by atoms with Gasteiger partial charge < -0.3 is 25.4 Å². The number of carbonyl (C=O) groups excluding carboxylic acids is 3. The normalized spacial score (nSPS) is 22.1. The van der Waals surface area contributed by atoms with E-state index in [2.05, 4.69) is 15.5 Å². The summed E-state index contributed by atoms with van der Waals surface area (Å²) in [6.07, 6.45) is 2.06. The molecule has 2 aromatic rings. The second-order valence-corrected chi connectivity index (χ2v) is 14.7. The fraction of sp³-hybridized carbons (Fsp3) is 0.545. The summed E-state index contributed by atoms with van der Waals surface area (Å²) in [5.41, 5.74) is 0.696. The minimum absolute atomic E-state index is 0. The van der Waals surface area contributed by atoms with Crippen LogP contribution in [0.5, 0.6) is 11.5 Å². The van der Waals surface area contributed by atoms with Gasteiger partial charge in [0.25, 0.3) is 5.91 Å². The third-order valence-corrected chi connectivity index (χ3v) is 11.2. The van der Waals surface area contributed by atoms with Crippen molar-refractivity contribution in [3.63, 3.8) is 0 Å². The summed E-state index contributed by atoms with van der Waals surface area (Å²) in [4.78, 5) is 43.3. The smallest absolute Gasteiger partial charge is 0.251 e. The summed E-state index contributed by atoms with van der Waals surface area (Å²) in [5, 5.41) is 16.6. The number of nitrogens with zero attached hydrogens (tertiary/aromatic N) is 2. The number of amides is 3. The molecule has 0 aliphatic carbocycles. The van der Waals surface area contributed by atoms with Gasteiger partial charge in [-0.3, -0.25) is 19.3 Å². The first kappa shape index (κ1) is 35.7. The van der Waals surface area contributed by atoms with Crippen molar-refractivity contribution in [2.24, 2.45) is 5.92 Å². The number of aliphatic hydroxyl groups excluding tert-OH is 1. The molecule has 3 saturated heterocycles. The zero-order valence-corrected chi connectivity index (χ0v) is 28.1. The number of benzene rings is 2. The molecule has 46 heavy (non-hydrogen) atoms. The highest BCUT2D eigenvalue weighted by atomic mass is 35.5. The molecule has 3 fully saturated rings. The summed E-state index contributed by atoms with van der Waals surface area (Å²) in [6, 6.07) is 13.7. The van der Waals surface area contributed by atoms with E-state index in [1.54, 1.807) is 36.2 Å². The lowest BCUT2D eigenvalue weighted by Crippen LogP contribution is -2.75. The van der Waals surface area contributed by atoms with Crippen LogP contribution >= 0.6 is 12.4 Å². The van der Waals surface area contributed by atoms with E-state index in [1.807, 2.05) is 31.2 Å². The van der Waals surface area contributed by atoms with Crippen LogP contribution in [0.25, 0.3) is 0 Å². The second kappa shape index (κ2) is 15.1. The Morgan fingerprint density at radius 3 is 2.20 bits per heavy atom. The average Bonchev–Trinajstić information content (AvgIpc) is 3.04. The lowest BCUT2D eigenvalue weighted by Gasteiger charge is -2.52. The van der Waals surface area contributed by atoms with Gasteiger partial charge in [0.2, 0.25) is 11.8 Å². The molecule has 1 spiro atoms. The highest BCUT2D eigenvalue weighted by molar-refractivity contribution is 7.91. The summed E-state index contributed by atoms with van der Waals surface area (Å²) >= 11 is 0. The number of piperidine rings is 1. The Bertz CT molecular complexity index is 1460. The van der Waals surface area contributed by atoms with Gasteiger partial charge in [0.05, 0.1) is 17.6 Å². The molecule has 5 rings (SSSR count). The van der Waals surface area contributed by atoms with Crippen molar-refractivity contribution in [3.05, 3.63) is 59.7 Å². The van der Waals surface area contributed by atoms with E-state index in [9.17, 15) is 27.9 Å². The van der Waals surface area contributed by atoms with E-state index in [-0.39, 0.29) is 60.4 Å². The third kappa shape index (κ3) is 7.84. The Morgan fingerprint density at radius 1 is 1.04 bits per heavy atom. The van der Waals surface area contributed by atoms with Gasteiger partial charge in [0.1, 0.15) is 32.9 Å². The van der Waals surface area contributed by atoms with Crippen LogP contribution in [-0.2, 0) is 26.0 Å². The Kier molecular flexibility index (Phi) is 11.7. The molecule has 3 heterocycles. The van der Waals surface area contributed by atoms with Crippen LogP contribution in [0.3, 0.4) is 0 Å². The first-order valence-corrected chi connectivity index (χ1v) is 17.7. The minimum Gasteiger partial charge on any atom is -0.457 e. The molecular formula is C33H45ClN4O7S. The number of hydrogen-bond donors (Lipinski definition) is 3. The quantitative estimate of drug-likeness (QED) is 0.349. The summed E-state index contributed by atoms with van der Waals surface area (Å²) < 4.78 is 29.7. The predicted octanol–water partition coefficient (Wildman–Crippen LogP) is 2.91. The Labute approximate surface area is 277 Å². The molecule has 0 aromatic heterocycles. The molecule has 2 atom stereocenters. The van der Waals surface area contributed by atoms with Gasteiger partial charge >= 0.3 is 0 Å². The molecule has 0 unspecified atom stereocenters. The molecular weight excluding hydrogens is 632 g/mol. The number of rotatable bonds is 10. The third-order valence-electron chi connectivity index (χ3n) is 9.51. The van der Waals surface area contributed by atoms with Crippen molar-refractivity contribution in [2.45, 2.75) is 69.7 Å². The molecule has 0 radical (unpaired) electrons. The number of piperazine rings is 1. The second-order valence-electron chi connectivity index (χ2n) is 12.4. The van der Waals surface area contributed by atoms with E-state index in [0.717, 1.165) is 18.4 Å². The van der Waals surface area contributed by atoms with Gasteiger partial charge in [-0.2, -0.15) is 0 Å². The van der Waals surface area contributed by atoms with Gasteiger partial charge in [-0.1, -0.05) is 25.5 Å². The average molecular weight is 677 g/mol. The maximum atomic E-state index is 13.8. The van der Waals surface area contributed by atoms with Gasteiger partial charge in [-0.05, 0) is 80.0 Å². The molecule has 3 N–H and O–H groups in total. The van der Waals surface area contributed by atoms with Crippen molar-refractivity contribution in [3.8, 4) is 11.5 Å². The topological polar surface area (TPSA) is 145 Å². The van der Waals surface area contributed by atoms with Crippen LogP contribution in [0.4, 0.5) is 0 Å². The van der Waals surface area contributed by atoms with Crippen molar-refractivity contribution in [1.29, 1.82) is 0 Å². The highest BCUT2D eigenvalue weighted by Gasteiger charge is 2.55. The number of likely N-dealkylation sites (tertiary alicyclic amines) is 1. The van der Waals surface area contributed by atoms with Crippen LogP contribution in [0, 0.1) is 5.92 Å². The number of nitrogens with one attached hydrogen (secondary N) is 2. The summed E-state index contributed by atoms with van der Waals surface area (Å²) in [5.74, 6) is 0.299. The van der Waals surface area contributed by atoms with Gasteiger partial charge in [-0.25, -0.2) is 8.42 Å². The summed E-state index contributed by atoms with van der Waals surface area (Å²) in [7, 11) is -1.52. The zero-order valence-electron chi connectivity index (χ0n) is 26.4. The molecule has 2 aromatic carbocycles. The largest absolute Gasteiger partial charge is 0.457 e. The van der Waals surface area contributed by atoms with Gasteiger partial charge in [0.15, 0.2) is 0 Å². The van der Waals surface area contributed by atoms with Crippen molar-refractivity contribution < 1.29 is 32.6 Å². The van der Waals surface area contributed by atoms with Gasteiger partial charge in [-0.15, -0.1) is 12.4 Å². The number of carbonyl (C=O) groups is 3. The number of sulfone groups is 1. The van der Waals surface area contributed by atoms with Crippen LogP contribution in [0.2, 0.25) is 0 Å². The molecule has 11 nitrogen and oxygen atoms in total. The molecule has 252 valence electrons. The van der Waals surface area contributed by atoms with Crippen molar-refractivity contribution in [1.82, 2.24) is 20.4 Å². The van der Waals surface area contributed by atoms with Crippen molar-refractivity contribution in [2.75, 3.05) is 38.2 Å². The standard InChI is InChI=1S/C33H44N4O7S.ClH/c1-3-4-17-37-31(40)28(29(38)24-13-20-45(42,43)21-14-24)35-32(41)33(37)15-18-36(19-16-33)22-23-5-9-26(10-6-23)44-27-11-7-25(8-12-27)30(39)34-2;/h5-12,24,28-29,38H,3-4,13-22H2,1-2H3,(H,34,39)(H,35,41);1H/t28-,29-;/m1./s1. The van der Waals surface area contributed by atoms with Gasteiger partial charge in [0, 0.05) is 38.8 Å². The number of aliphatic hydroxyl groups is 1. The predicted molar refractivity (Wildman–Crippen MR) is 177 cm³/mol. The van der Waals surface area contributed by atoms with E-state index >= 15 is 0 Å². The van der Waals surface area contributed by atoms with E-state index in [4.69, 9.17) is 4.74 Å². The molecule has 13 heteroatoms. The van der Waals surface area contributed by atoms with Crippen LogP contribution in [-0.4, -0.2) is 96.9 Å². The molecule has 0 saturated carbocycles. The van der Waals surface area contributed by atoms with Crippen LogP contribution in [0.1, 0.15) is 61.4 Å². The molecule has 0 bridgehead atoms. The number of unbranched alkanes of at least 4 members (excludes halogenated alkanes) is 1. The number of ether oxygens (including phenoxy) is 1. The maximum absolute atomic E-state index is 13.8. The fourth-order valence-electron chi connectivity index (χ4n) is 6.69. The van der Waals surface area contributed by atoms with E-state index in [0.29, 0.717) is 56.1 Å². The molecule has 3 aliphatic rings. The zero-order chi connectivity index (χ0) is 32.2. The molecule has 3 amide bonds. The van der Waals surface area contributed by atoms with E-state index < -0.39 is 27.5 Å². The fourth-order valence-corrected chi connectivity index (χ4v) is 8.21. The Morgan fingerprint density at radius 2 is 1.63 bits per heavy atom. The first-order chi connectivity index (χ1) is 21.5. The monoisotopic (exact) mass is 676 g/mol. The van der Waals surface area contributed by atoms with Crippen molar-refractivity contribution >= 4 is 40.0 Å². The Hall–Kier alpha value is -3.19. The lowest BCUT2D eigenvalue weighted by molar-refractivity contribution is -0.165. The highest BCUT2D eigenvalue weighted by Crippen LogP contribution is 2.36. The minimum atomic E-state index is -3.11. The van der Waals surface area contributed by atoms with Crippen LogP contribution in [0.15, 0.2) is 48.5 Å². The molecule has 3 aliphatic heterocycles. The number of hydrogen-bond acceptors (Lipinski definition) is 8.